The average molecular weight is 105 g/mol. The summed E-state index contributed by atoms with van der Waals surface area (Å²) in [5, 5.41) is 0. The van der Waals surface area contributed by atoms with Crippen LogP contribution in [0.3, 0.4) is 0 Å². The lowest BCUT2D eigenvalue weighted by Gasteiger charge is -1.78. The lowest BCUT2D eigenvalue weighted by atomic mass is 10.3. The Labute approximate surface area is 50.9 Å². The van der Waals surface area contributed by atoms with Gasteiger partial charge in [-0.25, -0.2) is 0 Å². The fourth-order valence-corrected chi connectivity index (χ4v) is 0.260. The molecule has 0 aliphatic heterocycles. The highest BCUT2D eigenvalue weighted by atomic mass is 13.8. The molecule has 0 nitrogen and oxygen atoms in total. The SMILES string of the molecule is C#C/C(C)=C\C=C/[CH2]. The van der Waals surface area contributed by atoms with Gasteiger partial charge in [0.2, 0.25) is 0 Å². The minimum Gasteiger partial charge on any atom is -0.115 e. The Hall–Kier alpha value is -0.960. The summed E-state index contributed by atoms with van der Waals surface area (Å²) < 4.78 is 0. The topological polar surface area (TPSA) is 0 Å². The third-order valence-electron chi connectivity index (χ3n) is 0.710. The highest BCUT2D eigenvalue weighted by molar-refractivity contribution is 5.26. The molecular formula is C8H9. The zero-order valence-corrected chi connectivity index (χ0v) is 5.02. The van der Waals surface area contributed by atoms with Crippen molar-refractivity contribution in [1.82, 2.24) is 0 Å². The summed E-state index contributed by atoms with van der Waals surface area (Å²) >= 11 is 0. The lowest BCUT2D eigenvalue weighted by molar-refractivity contribution is 1.58. The first-order valence-corrected chi connectivity index (χ1v) is 2.40. The maximum atomic E-state index is 5.04. The van der Waals surface area contributed by atoms with Crippen molar-refractivity contribution in [3.63, 3.8) is 0 Å². The Kier molecular flexibility index (Phi) is 3.70. The van der Waals surface area contributed by atoms with Gasteiger partial charge in [-0.2, -0.15) is 0 Å². The number of terminal acetylenes is 1. The predicted molar refractivity (Wildman–Crippen MR) is 37.1 cm³/mol. The molecule has 0 atom stereocenters. The zero-order valence-electron chi connectivity index (χ0n) is 5.02. The van der Waals surface area contributed by atoms with Gasteiger partial charge in [0.1, 0.15) is 0 Å². The van der Waals surface area contributed by atoms with Crippen molar-refractivity contribution < 1.29 is 0 Å². The average Bonchev–Trinajstić information content (AvgIpc) is 1.83. The van der Waals surface area contributed by atoms with Crippen LogP contribution in [0.4, 0.5) is 0 Å². The van der Waals surface area contributed by atoms with Gasteiger partial charge in [-0.05, 0) is 19.4 Å². The predicted octanol–water partition coefficient (Wildman–Crippen LogP) is 1.96. The van der Waals surface area contributed by atoms with E-state index in [2.05, 4.69) is 12.8 Å². The molecule has 8 heavy (non-hydrogen) atoms. The molecule has 0 rings (SSSR count). The van der Waals surface area contributed by atoms with Crippen molar-refractivity contribution in [1.29, 1.82) is 0 Å². The molecule has 0 aliphatic carbocycles. The first-order chi connectivity index (χ1) is 3.81. The summed E-state index contributed by atoms with van der Waals surface area (Å²) in [6, 6.07) is 0. The van der Waals surface area contributed by atoms with Crippen LogP contribution in [0.15, 0.2) is 23.8 Å². The van der Waals surface area contributed by atoms with E-state index in [-0.39, 0.29) is 0 Å². The largest absolute Gasteiger partial charge is 0.115 e. The molecule has 1 radical (unpaired) electrons. The molecule has 0 amide bonds. The van der Waals surface area contributed by atoms with E-state index in [1.165, 1.54) is 0 Å². The van der Waals surface area contributed by atoms with Crippen molar-refractivity contribution in [3.05, 3.63) is 30.7 Å². The van der Waals surface area contributed by atoms with Crippen LogP contribution >= 0.6 is 0 Å². The zero-order chi connectivity index (χ0) is 6.41. The Bertz CT molecular complexity index is 142. The molecule has 0 aromatic carbocycles. The van der Waals surface area contributed by atoms with Gasteiger partial charge in [0, 0.05) is 0 Å². The van der Waals surface area contributed by atoms with Crippen LogP contribution < -0.4 is 0 Å². The molecule has 0 bridgehead atoms. The lowest BCUT2D eigenvalue weighted by Crippen LogP contribution is -1.61. The second kappa shape index (κ2) is 4.21. The molecule has 0 aliphatic rings. The van der Waals surface area contributed by atoms with E-state index in [0.717, 1.165) is 5.57 Å². The summed E-state index contributed by atoms with van der Waals surface area (Å²) in [7, 11) is 0. The minimum atomic E-state index is 0.921. The van der Waals surface area contributed by atoms with Crippen LogP contribution in [0.1, 0.15) is 6.92 Å². The fourth-order valence-electron chi connectivity index (χ4n) is 0.260. The third kappa shape index (κ3) is 3.24. The Morgan fingerprint density at radius 2 is 2.38 bits per heavy atom. The smallest absolute Gasteiger partial charge is 0.00136 e. The van der Waals surface area contributed by atoms with Crippen molar-refractivity contribution >= 4 is 0 Å². The van der Waals surface area contributed by atoms with E-state index in [0.29, 0.717) is 0 Å². The second-order valence-corrected chi connectivity index (χ2v) is 1.42. The first-order valence-electron chi connectivity index (χ1n) is 2.40. The summed E-state index contributed by atoms with van der Waals surface area (Å²) in [4.78, 5) is 0. The molecule has 0 heteroatoms. The molecule has 0 N–H and O–H groups in total. The van der Waals surface area contributed by atoms with E-state index in [4.69, 9.17) is 6.42 Å². The van der Waals surface area contributed by atoms with E-state index in [1.54, 1.807) is 6.08 Å². The number of allylic oxidation sites excluding steroid dienone is 4. The summed E-state index contributed by atoms with van der Waals surface area (Å²) in [6.07, 6.45) is 10.4. The summed E-state index contributed by atoms with van der Waals surface area (Å²) in [5.41, 5.74) is 0.921. The Balaban J connectivity index is 3.81. The normalized spacial score (nSPS) is 11.9. The van der Waals surface area contributed by atoms with Crippen molar-refractivity contribution in [2.75, 3.05) is 0 Å². The van der Waals surface area contributed by atoms with Gasteiger partial charge in [-0.1, -0.05) is 24.1 Å². The van der Waals surface area contributed by atoms with E-state index in [9.17, 15) is 0 Å². The Morgan fingerprint density at radius 1 is 1.75 bits per heavy atom. The van der Waals surface area contributed by atoms with E-state index in [1.807, 2.05) is 19.1 Å². The van der Waals surface area contributed by atoms with Crippen LogP contribution in [0, 0.1) is 19.3 Å². The number of rotatable bonds is 1. The Morgan fingerprint density at radius 3 is 2.75 bits per heavy atom. The maximum absolute atomic E-state index is 5.04. The van der Waals surface area contributed by atoms with Crippen LogP contribution in [0.25, 0.3) is 0 Å². The molecule has 41 valence electrons. The van der Waals surface area contributed by atoms with Gasteiger partial charge < -0.3 is 0 Å². The van der Waals surface area contributed by atoms with Crippen molar-refractivity contribution in [3.8, 4) is 12.3 Å². The number of hydrogen-bond donors (Lipinski definition) is 0. The molecule has 0 aromatic heterocycles. The van der Waals surface area contributed by atoms with Gasteiger partial charge in [0.25, 0.3) is 0 Å². The monoisotopic (exact) mass is 105 g/mol. The van der Waals surface area contributed by atoms with E-state index >= 15 is 0 Å². The quantitative estimate of drug-likeness (QED) is 0.353. The van der Waals surface area contributed by atoms with Crippen LogP contribution in [-0.2, 0) is 0 Å². The second-order valence-electron chi connectivity index (χ2n) is 1.42. The highest BCUT2D eigenvalue weighted by Crippen LogP contribution is 1.87. The first kappa shape index (κ1) is 7.04. The molecule has 0 fully saturated rings. The van der Waals surface area contributed by atoms with Crippen molar-refractivity contribution in [2.24, 2.45) is 0 Å². The van der Waals surface area contributed by atoms with Crippen LogP contribution in [0.5, 0.6) is 0 Å². The van der Waals surface area contributed by atoms with Gasteiger partial charge in [0.05, 0.1) is 0 Å². The molecule has 0 saturated carbocycles. The van der Waals surface area contributed by atoms with E-state index < -0.39 is 0 Å². The minimum absolute atomic E-state index is 0.921. The molecule has 0 heterocycles. The third-order valence-corrected chi connectivity index (χ3v) is 0.710. The standard InChI is InChI=1S/C8H9/c1-4-6-7-8(3)5-2/h2,4,6-7H,1H2,3H3/b6-4-,8-7-. The van der Waals surface area contributed by atoms with Gasteiger partial charge in [-0.15, -0.1) is 6.42 Å². The fraction of sp³-hybridized carbons (Fsp3) is 0.125. The molecule has 0 unspecified atom stereocenters. The molecule has 0 spiro atoms. The molecule has 0 aromatic rings. The van der Waals surface area contributed by atoms with Crippen molar-refractivity contribution in [2.45, 2.75) is 6.92 Å². The molecular weight excluding hydrogens is 96.1 g/mol. The molecule has 0 saturated heterocycles. The van der Waals surface area contributed by atoms with Crippen LogP contribution in [-0.4, -0.2) is 0 Å². The van der Waals surface area contributed by atoms with Gasteiger partial charge in [-0.3, -0.25) is 0 Å². The van der Waals surface area contributed by atoms with Gasteiger partial charge in [0.15, 0.2) is 0 Å². The summed E-state index contributed by atoms with van der Waals surface area (Å²) in [5.74, 6) is 2.48. The number of hydrogen-bond acceptors (Lipinski definition) is 0. The summed E-state index contributed by atoms with van der Waals surface area (Å²) in [6.45, 7) is 5.37. The maximum Gasteiger partial charge on any atom is -0.00136 e. The van der Waals surface area contributed by atoms with Crippen LogP contribution in [0.2, 0.25) is 0 Å². The highest BCUT2D eigenvalue weighted by Gasteiger charge is 1.70. The van der Waals surface area contributed by atoms with Gasteiger partial charge >= 0.3 is 0 Å².